The molecule has 0 heterocycles. The van der Waals surface area contributed by atoms with E-state index in [2.05, 4.69) is 5.14 Å². The van der Waals surface area contributed by atoms with Gasteiger partial charge in [-0.05, 0) is 0 Å². The third-order valence-electron chi connectivity index (χ3n) is 0.967. The first-order valence-corrected chi connectivity index (χ1v) is 4.21. The van der Waals surface area contributed by atoms with Gasteiger partial charge in [0.25, 0.3) is 5.69 Å². The molecule has 0 radical (unpaired) electrons. The summed E-state index contributed by atoms with van der Waals surface area (Å²) in [5, 5.41) is 14.0. The third kappa shape index (κ3) is 8.78. The van der Waals surface area contributed by atoms with Gasteiger partial charge in [0.15, 0.2) is 0 Å². The molecule has 0 amide bonds. The number of rotatable bonds is 1. The van der Waals surface area contributed by atoms with Crippen molar-refractivity contribution in [2.75, 3.05) is 0 Å². The molecule has 1 aromatic rings. The van der Waals surface area contributed by atoms with Crippen LogP contribution in [-0.2, 0) is 11.3 Å². The molecule has 0 bridgehead atoms. The van der Waals surface area contributed by atoms with Gasteiger partial charge in [-0.2, -0.15) is 0 Å². The maximum absolute atomic E-state index is 10.0. The third-order valence-corrected chi connectivity index (χ3v) is 0.967. The molecule has 0 aliphatic rings. The molecule has 1 aromatic carbocycles. The van der Waals surface area contributed by atoms with Gasteiger partial charge >= 0.3 is 0 Å². The summed E-state index contributed by atoms with van der Waals surface area (Å²) in [6.45, 7) is 0. The molecular weight excluding hydrogens is 208 g/mol. The Balaban J connectivity index is 0. The van der Waals surface area contributed by atoms with Gasteiger partial charge in [-0.15, -0.1) is 0 Å². The van der Waals surface area contributed by atoms with E-state index in [0.29, 0.717) is 0 Å². The lowest BCUT2D eigenvalue weighted by atomic mass is 10.3. The Morgan fingerprint density at radius 2 is 1.64 bits per heavy atom. The number of hydrogen-bond acceptors (Lipinski definition) is 4. The zero-order valence-electron chi connectivity index (χ0n) is 6.45. The van der Waals surface area contributed by atoms with Crippen LogP contribution in [0.3, 0.4) is 0 Å². The number of hydrogen-bond donors (Lipinski definition) is 1. The largest absolute Gasteiger partial charge is 0.760 e. The topological polar surface area (TPSA) is 109 Å². The summed E-state index contributed by atoms with van der Waals surface area (Å²) < 4.78 is 17.6. The number of para-hydroxylation sites is 1. The molecular formula is C7H11N2O4S-. The summed E-state index contributed by atoms with van der Waals surface area (Å²) in [5.74, 6) is 0. The van der Waals surface area contributed by atoms with Gasteiger partial charge in [-0.1, -0.05) is 25.6 Å². The Hall–Kier alpha value is -1.31. The van der Waals surface area contributed by atoms with E-state index in [1.165, 1.54) is 12.1 Å². The van der Waals surface area contributed by atoms with Gasteiger partial charge in [-0.25, -0.2) is 0 Å². The van der Waals surface area contributed by atoms with Gasteiger partial charge in [0.05, 0.1) is 4.92 Å². The van der Waals surface area contributed by atoms with Crippen molar-refractivity contribution in [3.63, 3.8) is 0 Å². The fourth-order valence-corrected chi connectivity index (χ4v) is 0.550. The summed E-state index contributed by atoms with van der Waals surface area (Å²) in [6, 6.07) is 7.93. The number of nitro groups is 1. The summed E-state index contributed by atoms with van der Waals surface area (Å²) >= 11 is -2.36. The van der Waals surface area contributed by atoms with Gasteiger partial charge in [0.2, 0.25) is 0 Å². The monoisotopic (exact) mass is 219 g/mol. The molecule has 0 spiro atoms. The highest BCUT2D eigenvalue weighted by Gasteiger charge is 1.98. The maximum Gasteiger partial charge on any atom is 0.269 e. The predicted molar refractivity (Wildman–Crippen MR) is 52.9 cm³/mol. The summed E-state index contributed by atoms with van der Waals surface area (Å²) in [7, 11) is 0. The van der Waals surface area contributed by atoms with E-state index in [1.54, 1.807) is 18.2 Å². The average Bonchev–Trinajstić information content (AvgIpc) is 2.05. The van der Waals surface area contributed by atoms with E-state index in [1.807, 2.05) is 0 Å². The molecule has 1 unspecified atom stereocenters. The molecule has 0 saturated carbocycles. The van der Waals surface area contributed by atoms with Crippen molar-refractivity contribution in [3.8, 4) is 0 Å². The minimum absolute atomic E-state index is 0. The van der Waals surface area contributed by atoms with E-state index in [9.17, 15) is 10.1 Å². The van der Waals surface area contributed by atoms with E-state index in [0.717, 1.165) is 0 Å². The van der Waals surface area contributed by atoms with Crippen molar-refractivity contribution < 1.29 is 13.7 Å². The van der Waals surface area contributed by atoms with Crippen LogP contribution >= 0.6 is 0 Å². The highest BCUT2D eigenvalue weighted by atomic mass is 32.2. The molecule has 0 aliphatic carbocycles. The minimum Gasteiger partial charge on any atom is -0.760 e. The van der Waals surface area contributed by atoms with Gasteiger partial charge in [-0.3, -0.25) is 19.5 Å². The van der Waals surface area contributed by atoms with Gasteiger partial charge in [0.1, 0.15) is 0 Å². The molecule has 1 atom stereocenters. The Morgan fingerprint density at radius 1 is 1.29 bits per heavy atom. The van der Waals surface area contributed by atoms with Crippen LogP contribution in [0.2, 0.25) is 0 Å². The SMILES string of the molecule is C.NS(=O)[O-].O=[N+]([O-])c1ccccc1. The number of benzene rings is 1. The first kappa shape index (κ1) is 15.2. The van der Waals surface area contributed by atoms with E-state index >= 15 is 0 Å². The fraction of sp³-hybridized carbons (Fsp3) is 0.143. The molecule has 0 aliphatic heterocycles. The van der Waals surface area contributed by atoms with E-state index in [4.69, 9.17) is 8.76 Å². The molecule has 7 heteroatoms. The zero-order valence-corrected chi connectivity index (χ0v) is 7.27. The highest BCUT2D eigenvalue weighted by Crippen LogP contribution is 2.06. The molecule has 80 valence electrons. The first-order valence-electron chi connectivity index (χ1n) is 3.07. The summed E-state index contributed by atoms with van der Waals surface area (Å²) in [5.41, 5.74) is 0.137. The van der Waals surface area contributed by atoms with Crippen LogP contribution in [0.5, 0.6) is 0 Å². The number of nitrogens with two attached hydrogens (primary N) is 1. The number of nitrogens with zero attached hydrogens (tertiary/aromatic N) is 1. The maximum atomic E-state index is 10.0. The van der Waals surface area contributed by atoms with Crippen LogP contribution < -0.4 is 5.14 Å². The second kappa shape index (κ2) is 8.30. The smallest absolute Gasteiger partial charge is 0.269 e. The second-order valence-corrected chi connectivity index (χ2v) is 2.37. The van der Waals surface area contributed by atoms with Gasteiger partial charge < -0.3 is 4.55 Å². The lowest BCUT2D eigenvalue weighted by molar-refractivity contribution is -0.384. The molecule has 14 heavy (non-hydrogen) atoms. The quantitative estimate of drug-likeness (QED) is 0.431. The molecule has 2 N–H and O–H groups in total. The molecule has 0 saturated heterocycles. The van der Waals surface area contributed by atoms with Crippen molar-refractivity contribution in [3.05, 3.63) is 40.4 Å². The Kier molecular flexibility index (Phi) is 8.99. The van der Waals surface area contributed by atoms with Gasteiger partial charge in [0, 0.05) is 23.4 Å². The van der Waals surface area contributed by atoms with Crippen LogP contribution in [0.25, 0.3) is 0 Å². The number of nitro benzene ring substituents is 1. The summed E-state index contributed by atoms with van der Waals surface area (Å²) in [6.07, 6.45) is 0. The first-order chi connectivity index (χ1) is 6.04. The van der Waals surface area contributed by atoms with Crippen LogP contribution in [0, 0.1) is 10.1 Å². The van der Waals surface area contributed by atoms with Crippen LogP contribution in [0.4, 0.5) is 5.69 Å². The lowest BCUT2D eigenvalue weighted by Gasteiger charge is -1.85. The number of non-ortho nitro benzene ring substituents is 1. The molecule has 1 rings (SSSR count). The molecule has 0 fully saturated rings. The van der Waals surface area contributed by atoms with E-state index < -0.39 is 16.2 Å². The van der Waals surface area contributed by atoms with Crippen molar-refractivity contribution >= 4 is 17.0 Å². The Morgan fingerprint density at radius 3 is 1.86 bits per heavy atom. The van der Waals surface area contributed by atoms with Crippen molar-refractivity contribution in [2.45, 2.75) is 7.43 Å². The summed E-state index contributed by atoms with van der Waals surface area (Å²) in [4.78, 5) is 9.59. The normalized spacial score (nSPS) is 10.1. The van der Waals surface area contributed by atoms with Crippen LogP contribution in [0.15, 0.2) is 30.3 Å². The van der Waals surface area contributed by atoms with Crippen LogP contribution in [0.1, 0.15) is 7.43 Å². The van der Waals surface area contributed by atoms with Crippen molar-refractivity contribution in [2.24, 2.45) is 5.14 Å². The fourth-order valence-electron chi connectivity index (χ4n) is 0.550. The lowest BCUT2D eigenvalue weighted by Crippen LogP contribution is -1.97. The molecule has 6 nitrogen and oxygen atoms in total. The van der Waals surface area contributed by atoms with E-state index in [-0.39, 0.29) is 13.1 Å². The Labute approximate surface area is 84.3 Å². The Bertz CT molecular complexity index is 287. The second-order valence-electron chi connectivity index (χ2n) is 1.85. The molecule has 0 aromatic heterocycles. The average molecular weight is 219 g/mol. The standard InChI is InChI=1S/C6H5NO2.CH4.H3NO2S/c8-7(9)6-4-2-1-3-5-6;;1-4(2)3/h1-5H;1H4;1H2,(H,2,3)/p-1. The highest BCUT2D eigenvalue weighted by molar-refractivity contribution is 7.76. The minimum atomic E-state index is -2.36. The van der Waals surface area contributed by atoms with Crippen molar-refractivity contribution in [1.82, 2.24) is 0 Å². The predicted octanol–water partition coefficient (Wildman–Crippen LogP) is 0.970. The van der Waals surface area contributed by atoms with Crippen LogP contribution in [-0.4, -0.2) is 13.7 Å². The zero-order chi connectivity index (χ0) is 10.3. The van der Waals surface area contributed by atoms with Crippen molar-refractivity contribution in [1.29, 1.82) is 0 Å².